The highest BCUT2D eigenvalue weighted by Crippen LogP contribution is 2.31. The first-order chi connectivity index (χ1) is 9.32. The molecule has 0 amide bonds. The average Bonchev–Trinajstić information content (AvgIpc) is 2.37. The summed E-state index contributed by atoms with van der Waals surface area (Å²) < 4.78 is 35.3. The molecular weight excluding hydrogens is 280 g/mol. The van der Waals surface area contributed by atoms with Gasteiger partial charge in [-0.05, 0) is 6.07 Å². The Morgan fingerprint density at radius 3 is 2.50 bits per heavy atom. The van der Waals surface area contributed by atoms with Crippen molar-refractivity contribution >= 4 is 17.4 Å². The number of ketones is 1. The molecule has 108 valence electrons. The van der Waals surface area contributed by atoms with Gasteiger partial charge in [0.2, 0.25) is 17.3 Å². The molecule has 9 heteroatoms. The van der Waals surface area contributed by atoms with Crippen LogP contribution in [0.5, 0.6) is 5.75 Å². The van der Waals surface area contributed by atoms with Crippen molar-refractivity contribution in [2.75, 3.05) is 13.2 Å². The van der Waals surface area contributed by atoms with E-state index in [1.807, 2.05) is 0 Å². The lowest BCUT2D eigenvalue weighted by Gasteiger charge is -2.07. The van der Waals surface area contributed by atoms with Gasteiger partial charge < -0.3 is 9.47 Å². The maximum absolute atomic E-state index is 13.4. The molecule has 1 aromatic rings. The normalized spacial score (nSPS) is 9.95. The zero-order chi connectivity index (χ0) is 15.3. The topological polar surface area (TPSA) is 95.7 Å². The van der Waals surface area contributed by atoms with Crippen LogP contribution in [0.15, 0.2) is 12.1 Å². The van der Waals surface area contributed by atoms with Gasteiger partial charge in [0.05, 0.1) is 4.92 Å². The van der Waals surface area contributed by atoms with Gasteiger partial charge in [-0.3, -0.25) is 19.7 Å². The van der Waals surface area contributed by atoms with Gasteiger partial charge in [-0.2, -0.15) is 4.39 Å². The van der Waals surface area contributed by atoms with Crippen LogP contribution in [0, 0.1) is 21.7 Å². The van der Waals surface area contributed by atoms with Crippen LogP contribution in [0.25, 0.3) is 0 Å². The Morgan fingerprint density at radius 1 is 1.30 bits per heavy atom. The Labute approximate surface area is 111 Å². The first-order valence-corrected chi connectivity index (χ1v) is 5.23. The zero-order valence-electron chi connectivity index (χ0n) is 10.2. The minimum Gasteiger partial charge on any atom is -0.477 e. The predicted molar refractivity (Wildman–Crippen MR) is 60.1 cm³/mol. The van der Waals surface area contributed by atoms with Crippen molar-refractivity contribution in [2.45, 2.75) is 6.92 Å². The fraction of sp³-hybridized carbons (Fsp3) is 0.273. The van der Waals surface area contributed by atoms with Crippen molar-refractivity contribution < 1.29 is 32.8 Å². The van der Waals surface area contributed by atoms with Gasteiger partial charge in [-0.1, -0.05) is 0 Å². The number of nitro groups is 1. The van der Waals surface area contributed by atoms with Gasteiger partial charge in [0.25, 0.3) is 0 Å². The lowest BCUT2D eigenvalue weighted by molar-refractivity contribution is -0.386. The molecule has 0 saturated heterocycles. The Hall–Kier alpha value is -2.58. The Morgan fingerprint density at radius 2 is 1.95 bits per heavy atom. The van der Waals surface area contributed by atoms with E-state index in [2.05, 4.69) is 9.47 Å². The molecule has 0 aromatic heterocycles. The molecule has 0 radical (unpaired) electrons. The first kappa shape index (κ1) is 15.5. The summed E-state index contributed by atoms with van der Waals surface area (Å²) in [6.45, 7) is -0.347. The number of carbonyl (C=O) groups is 2. The molecule has 0 unspecified atom stereocenters. The Balaban J connectivity index is 2.81. The third-order valence-electron chi connectivity index (χ3n) is 2.04. The number of nitrogens with zero attached hydrogens (tertiary/aromatic N) is 1. The van der Waals surface area contributed by atoms with Gasteiger partial charge in [0.15, 0.2) is 19.0 Å². The van der Waals surface area contributed by atoms with Crippen LogP contribution in [0.2, 0.25) is 0 Å². The van der Waals surface area contributed by atoms with Crippen molar-refractivity contribution in [3.8, 4) is 5.75 Å². The largest absolute Gasteiger partial charge is 0.477 e. The van der Waals surface area contributed by atoms with E-state index in [9.17, 15) is 28.5 Å². The standard InChI is InChI=1S/C11H9F2NO6/c1-6(15)19-4-7(16)5-20-11-9(14(17)18)3-2-8(12)10(11)13/h2-3H,4-5H2,1H3. The van der Waals surface area contributed by atoms with Crippen molar-refractivity contribution in [1.82, 2.24) is 0 Å². The maximum atomic E-state index is 13.4. The van der Waals surface area contributed by atoms with Crippen LogP contribution in [-0.4, -0.2) is 29.9 Å². The number of halogens is 2. The number of rotatable bonds is 6. The van der Waals surface area contributed by atoms with Gasteiger partial charge >= 0.3 is 11.7 Å². The molecule has 1 rings (SSSR count). The fourth-order valence-corrected chi connectivity index (χ4v) is 1.18. The number of esters is 1. The van der Waals surface area contributed by atoms with E-state index >= 15 is 0 Å². The monoisotopic (exact) mass is 289 g/mol. The predicted octanol–water partition coefficient (Wildman–Crippen LogP) is 1.38. The van der Waals surface area contributed by atoms with Gasteiger partial charge in [-0.15, -0.1) is 0 Å². The summed E-state index contributed by atoms with van der Waals surface area (Å²) >= 11 is 0. The van der Waals surface area contributed by atoms with E-state index in [0.29, 0.717) is 12.1 Å². The van der Waals surface area contributed by atoms with E-state index in [-0.39, 0.29) is 0 Å². The summed E-state index contributed by atoms with van der Waals surface area (Å²) in [5.41, 5.74) is -0.816. The van der Waals surface area contributed by atoms with Gasteiger partial charge in [0, 0.05) is 13.0 Å². The highest BCUT2D eigenvalue weighted by molar-refractivity contribution is 5.83. The lowest BCUT2D eigenvalue weighted by atomic mass is 10.2. The summed E-state index contributed by atoms with van der Waals surface area (Å²) in [6, 6.07) is 1.28. The molecule has 0 N–H and O–H groups in total. The molecule has 0 heterocycles. The van der Waals surface area contributed by atoms with E-state index in [0.717, 1.165) is 6.92 Å². The summed E-state index contributed by atoms with van der Waals surface area (Å²) in [5, 5.41) is 10.6. The second kappa shape index (κ2) is 6.55. The molecule has 0 bridgehead atoms. The Bertz CT molecular complexity index is 560. The lowest BCUT2D eigenvalue weighted by Crippen LogP contribution is -2.19. The molecule has 0 fully saturated rings. The summed E-state index contributed by atoms with van der Waals surface area (Å²) in [7, 11) is 0. The second-order valence-electron chi connectivity index (χ2n) is 3.57. The quantitative estimate of drug-likeness (QED) is 0.446. The van der Waals surface area contributed by atoms with Crippen LogP contribution < -0.4 is 4.74 Å². The fourth-order valence-electron chi connectivity index (χ4n) is 1.18. The molecule has 0 aliphatic rings. The average molecular weight is 289 g/mol. The SMILES string of the molecule is CC(=O)OCC(=O)COc1c([N+](=O)[O-])ccc(F)c1F. The zero-order valence-corrected chi connectivity index (χ0v) is 10.2. The highest BCUT2D eigenvalue weighted by Gasteiger charge is 2.24. The number of carbonyl (C=O) groups excluding carboxylic acids is 2. The molecule has 0 aliphatic carbocycles. The van der Waals surface area contributed by atoms with Crippen molar-refractivity contribution in [1.29, 1.82) is 0 Å². The number of Topliss-reactive ketones (excluding diaryl/α,β-unsaturated/α-hetero) is 1. The van der Waals surface area contributed by atoms with Crippen LogP contribution in [0.3, 0.4) is 0 Å². The van der Waals surface area contributed by atoms with Gasteiger partial charge in [0.1, 0.15) is 0 Å². The van der Waals surface area contributed by atoms with Crippen LogP contribution in [0.4, 0.5) is 14.5 Å². The van der Waals surface area contributed by atoms with Crippen LogP contribution >= 0.6 is 0 Å². The molecule has 0 aliphatic heterocycles. The van der Waals surface area contributed by atoms with Crippen molar-refractivity contribution in [3.63, 3.8) is 0 Å². The van der Waals surface area contributed by atoms with E-state index in [1.54, 1.807) is 0 Å². The minimum absolute atomic E-state index is 0.570. The van der Waals surface area contributed by atoms with Crippen molar-refractivity contribution in [2.24, 2.45) is 0 Å². The number of benzene rings is 1. The summed E-state index contributed by atoms with van der Waals surface area (Å²) in [4.78, 5) is 31.3. The van der Waals surface area contributed by atoms with Crippen molar-refractivity contribution in [3.05, 3.63) is 33.9 Å². The molecular formula is C11H9F2NO6. The third kappa shape index (κ3) is 3.97. The molecule has 0 atom stereocenters. The van der Waals surface area contributed by atoms with Crippen LogP contribution in [0.1, 0.15) is 6.92 Å². The smallest absolute Gasteiger partial charge is 0.314 e. The van der Waals surface area contributed by atoms with Crippen LogP contribution in [-0.2, 0) is 14.3 Å². The second-order valence-corrected chi connectivity index (χ2v) is 3.57. The summed E-state index contributed by atoms with van der Waals surface area (Å²) in [5.74, 6) is -5.37. The van der Waals surface area contributed by atoms with E-state index in [4.69, 9.17) is 0 Å². The Kier molecular flexibility index (Phi) is 5.07. The molecule has 20 heavy (non-hydrogen) atoms. The summed E-state index contributed by atoms with van der Waals surface area (Å²) in [6.07, 6.45) is 0. The van der Waals surface area contributed by atoms with E-state index < -0.39 is 53.0 Å². The number of hydrogen-bond acceptors (Lipinski definition) is 6. The highest BCUT2D eigenvalue weighted by atomic mass is 19.2. The molecule has 0 saturated carbocycles. The number of ether oxygens (including phenoxy) is 2. The molecule has 1 aromatic carbocycles. The minimum atomic E-state index is -1.57. The third-order valence-corrected chi connectivity index (χ3v) is 2.04. The maximum Gasteiger partial charge on any atom is 0.314 e. The first-order valence-electron chi connectivity index (χ1n) is 5.23. The molecule has 7 nitrogen and oxygen atoms in total. The molecule has 0 spiro atoms. The number of hydrogen-bond donors (Lipinski definition) is 0. The van der Waals surface area contributed by atoms with Gasteiger partial charge in [-0.25, -0.2) is 4.39 Å². The number of nitro benzene ring substituents is 1. The van der Waals surface area contributed by atoms with E-state index in [1.165, 1.54) is 0 Å².